The van der Waals surface area contributed by atoms with E-state index < -0.39 is 0 Å². The number of ether oxygens (including phenoxy) is 1. The Labute approximate surface area is 153 Å². The summed E-state index contributed by atoms with van der Waals surface area (Å²) in [5.74, 6) is -0.408. The van der Waals surface area contributed by atoms with Crippen LogP contribution in [0.3, 0.4) is 0 Å². The predicted octanol–water partition coefficient (Wildman–Crippen LogP) is 3.03. The topological polar surface area (TPSA) is 74.4 Å². The van der Waals surface area contributed by atoms with Crippen LogP contribution in [-0.2, 0) is 16.0 Å². The van der Waals surface area contributed by atoms with Crippen molar-refractivity contribution in [3.8, 4) is 0 Å². The van der Waals surface area contributed by atoms with Crippen LogP contribution < -0.4 is 5.32 Å². The van der Waals surface area contributed by atoms with Crippen LogP contribution in [0.1, 0.15) is 30.6 Å². The quantitative estimate of drug-likeness (QED) is 0.438. The molecule has 2 aromatic rings. The Morgan fingerprint density at radius 2 is 2.19 bits per heavy atom. The average molecular weight is 354 g/mol. The summed E-state index contributed by atoms with van der Waals surface area (Å²) in [6, 6.07) is 8.18. The number of carbonyl (C=O) groups is 1. The molecule has 0 radical (unpaired) electrons. The summed E-state index contributed by atoms with van der Waals surface area (Å²) in [5.41, 5.74) is 4.92. The largest absolute Gasteiger partial charge is 0.466 e. The van der Waals surface area contributed by atoms with Crippen LogP contribution in [-0.4, -0.2) is 36.3 Å². The van der Waals surface area contributed by atoms with Crippen LogP contribution in [0.4, 0.5) is 0 Å². The van der Waals surface area contributed by atoms with Gasteiger partial charge in [-0.1, -0.05) is 36.4 Å². The number of aromatic amines is 1. The van der Waals surface area contributed by atoms with Crippen molar-refractivity contribution < 1.29 is 14.6 Å². The molecule has 0 bridgehead atoms. The van der Waals surface area contributed by atoms with Crippen molar-refractivity contribution in [2.45, 2.75) is 25.8 Å². The van der Waals surface area contributed by atoms with E-state index in [1.54, 1.807) is 0 Å². The van der Waals surface area contributed by atoms with Gasteiger partial charge in [-0.25, -0.2) is 4.79 Å². The maximum absolute atomic E-state index is 12.0. The summed E-state index contributed by atoms with van der Waals surface area (Å²) in [6.45, 7) is 6.75. The van der Waals surface area contributed by atoms with E-state index in [0.29, 0.717) is 18.5 Å². The van der Waals surface area contributed by atoms with E-state index in [-0.39, 0.29) is 24.5 Å². The van der Waals surface area contributed by atoms with Gasteiger partial charge in [0.25, 0.3) is 0 Å². The lowest BCUT2D eigenvalue weighted by Crippen LogP contribution is -2.36. The van der Waals surface area contributed by atoms with Crippen molar-refractivity contribution in [3.05, 3.63) is 59.3 Å². The molecule has 1 aliphatic rings. The zero-order chi connectivity index (χ0) is 18.7. The lowest BCUT2D eigenvalue weighted by Gasteiger charge is -2.33. The van der Waals surface area contributed by atoms with Gasteiger partial charge in [0.2, 0.25) is 0 Å². The number of H-pyrrole nitrogens is 1. The number of aliphatic hydroxyl groups excluding tert-OH is 1. The van der Waals surface area contributed by atoms with Gasteiger partial charge in [0, 0.05) is 47.3 Å². The predicted molar refractivity (Wildman–Crippen MR) is 103 cm³/mol. The number of methoxy groups -OCH3 is 1. The molecular formula is C21H26N2O3. The summed E-state index contributed by atoms with van der Waals surface area (Å²) in [6.07, 6.45) is 3.36. The van der Waals surface area contributed by atoms with Crippen molar-refractivity contribution >= 4 is 16.9 Å². The minimum atomic E-state index is -0.359. The monoisotopic (exact) mass is 354 g/mol. The Kier molecular flexibility index (Phi) is 5.59. The molecule has 1 saturated heterocycles. The Morgan fingerprint density at radius 1 is 1.42 bits per heavy atom. The van der Waals surface area contributed by atoms with E-state index in [9.17, 15) is 9.90 Å². The second-order valence-corrected chi connectivity index (χ2v) is 6.64. The number of rotatable bonds is 5. The molecule has 26 heavy (non-hydrogen) atoms. The fourth-order valence-corrected chi connectivity index (χ4v) is 3.90. The van der Waals surface area contributed by atoms with Crippen LogP contribution in [0.15, 0.2) is 48.1 Å². The normalized spacial score (nSPS) is 21.9. The van der Waals surface area contributed by atoms with Crippen LogP contribution in [0.2, 0.25) is 0 Å². The summed E-state index contributed by atoms with van der Waals surface area (Å²) in [4.78, 5) is 15.5. The van der Waals surface area contributed by atoms with Crippen molar-refractivity contribution in [2.75, 3.05) is 20.3 Å². The van der Waals surface area contributed by atoms with Gasteiger partial charge in [-0.05, 0) is 31.4 Å². The SMILES string of the molecule is C=C(C(=O)OC)[C@H]1C[C@@H](c2[nH]c3ccccc3c2CCO)NC/C1=C/C. The molecule has 1 aromatic heterocycles. The van der Waals surface area contributed by atoms with Crippen molar-refractivity contribution in [2.24, 2.45) is 5.92 Å². The number of benzene rings is 1. The molecule has 0 aliphatic carbocycles. The molecule has 1 fully saturated rings. The van der Waals surface area contributed by atoms with E-state index in [0.717, 1.165) is 34.2 Å². The minimum absolute atomic E-state index is 0.0490. The fraction of sp³-hybridized carbons (Fsp3) is 0.381. The van der Waals surface area contributed by atoms with Gasteiger partial charge in [-0.3, -0.25) is 0 Å². The number of para-hydroxylation sites is 1. The molecule has 2 atom stereocenters. The Morgan fingerprint density at radius 3 is 2.88 bits per heavy atom. The maximum Gasteiger partial charge on any atom is 0.333 e. The van der Waals surface area contributed by atoms with Crippen LogP contribution in [0.5, 0.6) is 0 Å². The van der Waals surface area contributed by atoms with E-state index in [1.807, 2.05) is 31.2 Å². The number of aliphatic hydroxyl groups is 1. The van der Waals surface area contributed by atoms with Crippen LogP contribution in [0, 0.1) is 5.92 Å². The number of piperidine rings is 1. The number of fused-ring (bicyclic) bond motifs is 1. The third-order valence-corrected chi connectivity index (χ3v) is 5.27. The van der Waals surface area contributed by atoms with E-state index in [1.165, 1.54) is 7.11 Å². The zero-order valence-corrected chi connectivity index (χ0v) is 15.3. The van der Waals surface area contributed by atoms with Gasteiger partial charge in [-0.2, -0.15) is 0 Å². The Bertz CT molecular complexity index is 850. The first-order valence-corrected chi connectivity index (χ1v) is 8.96. The highest BCUT2D eigenvalue weighted by Crippen LogP contribution is 2.37. The molecule has 0 spiro atoms. The van der Waals surface area contributed by atoms with Gasteiger partial charge in [0.1, 0.15) is 0 Å². The third kappa shape index (κ3) is 3.32. The molecule has 3 N–H and O–H groups in total. The molecular weight excluding hydrogens is 328 g/mol. The van der Waals surface area contributed by atoms with Gasteiger partial charge >= 0.3 is 5.97 Å². The first-order valence-electron chi connectivity index (χ1n) is 8.96. The van der Waals surface area contributed by atoms with Crippen molar-refractivity contribution in [3.63, 3.8) is 0 Å². The molecule has 5 heteroatoms. The van der Waals surface area contributed by atoms with E-state index in [4.69, 9.17) is 4.74 Å². The smallest absolute Gasteiger partial charge is 0.333 e. The maximum atomic E-state index is 12.0. The number of hydrogen-bond acceptors (Lipinski definition) is 4. The summed E-state index contributed by atoms with van der Waals surface area (Å²) in [5, 5.41) is 14.2. The molecule has 1 aliphatic heterocycles. The van der Waals surface area contributed by atoms with Crippen LogP contribution in [0.25, 0.3) is 10.9 Å². The summed E-state index contributed by atoms with van der Waals surface area (Å²) < 4.78 is 4.88. The summed E-state index contributed by atoms with van der Waals surface area (Å²) >= 11 is 0. The molecule has 138 valence electrons. The van der Waals surface area contributed by atoms with Gasteiger partial charge in [-0.15, -0.1) is 0 Å². The van der Waals surface area contributed by atoms with Crippen molar-refractivity contribution in [1.82, 2.24) is 10.3 Å². The number of aromatic nitrogens is 1. The highest BCUT2D eigenvalue weighted by Gasteiger charge is 2.32. The molecule has 3 rings (SSSR count). The highest BCUT2D eigenvalue weighted by molar-refractivity contribution is 5.89. The Balaban J connectivity index is 1.97. The fourth-order valence-electron chi connectivity index (χ4n) is 3.90. The lowest BCUT2D eigenvalue weighted by atomic mass is 9.81. The molecule has 0 saturated carbocycles. The minimum Gasteiger partial charge on any atom is -0.466 e. The van der Waals surface area contributed by atoms with Gasteiger partial charge in [0.15, 0.2) is 0 Å². The molecule has 2 heterocycles. The molecule has 0 amide bonds. The number of hydrogen-bond donors (Lipinski definition) is 3. The molecule has 5 nitrogen and oxygen atoms in total. The third-order valence-electron chi connectivity index (χ3n) is 5.27. The first kappa shape index (κ1) is 18.4. The molecule has 1 aromatic carbocycles. The summed E-state index contributed by atoms with van der Waals surface area (Å²) in [7, 11) is 1.39. The Hall–Kier alpha value is -2.37. The average Bonchev–Trinajstić information content (AvgIpc) is 3.05. The standard InChI is InChI=1S/C21H26N2O3/c1-4-14-12-22-19(11-17(14)13(2)21(25)26-3)20-16(9-10-24)15-7-5-6-8-18(15)23-20/h4-8,17,19,22-24H,2,9-12H2,1,3H3/b14-4-/t17-,19+/m1/s1. The zero-order valence-electron chi connectivity index (χ0n) is 15.3. The second-order valence-electron chi connectivity index (χ2n) is 6.64. The number of nitrogens with one attached hydrogen (secondary N) is 2. The van der Waals surface area contributed by atoms with Crippen LogP contribution >= 0.6 is 0 Å². The van der Waals surface area contributed by atoms with Gasteiger partial charge in [0.05, 0.1) is 7.11 Å². The van der Waals surface area contributed by atoms with E-state index >= 15 is 0 Å². The number of allylic oxidation sites excluding steroid dienone is 1. The molecule has 0 unspecified atom stereocenters. The van der Waals surface area contributed by atoms with E-state index in [2.05, 4.69) is 22.9 Å². The van der Waals surface area contributed by atoms with Crippen molar-refractivity contribution in [1.29, 1.82) is 0 Å². The number of esters is 1. The lowest BCUT2D eigenvalue weighted by molar-refractivity contribution is -0.136. The second kappa shape index (κ2) is 7.89. The first-order chi connectivity index (χ1) is 12.6. The van der Waals surface area contributed by atoms with Gasteiger partial charge < -0.3 is 20.1 Å². The number of carbonyl (C=O) groups excluding carboxylic acids is 1. The highest BCUT2D eigenvalue weighted by atomic mass is 16.5.